The van der Waals surface area contributed by atoms with Crippen LogP contribution in [0.5, 0.6) is 0 Å². The number of nitrogens with zero attached hydrogens (tertiary/aromatic N) is 1. The molecule has 9 nitrogen and oxygen atoms in total. The Hall–Kier alpha value is -1.77. The Morgan fingerprint density at radius 2 is 0.906 bits per heavy atom. The van der Waals surface area contributed by atoms with Crippen LogP contribution in [-0.2, 0) is 27.9 Å². The zero-order valence-electron chi connectivity index (χ0n) is 42.8. The summed E-state index contributed by atoms with van der Waals surface area (Å²) in [5, 5.41) is 3.02. The maximum atomic E-state index is 13.4. The molecule has 0 aliphatic heterocycles. The van der Waals surface area contributed by atoms with Crippen molar-refractivity contribution in [2.45, 2.75) is 258 Å². The van der Waals surface area contributed by atoms with Crippen LogP contribution in [-0.4, -0.2) is 74.3 Å². The van der Waals surface area contributed by atoms with E-state index in [4.69, 9.17) is 13.8 Å². The third kappa shape index (κ3) is 45.4. The van der Waals surface area contributed by atoms with Crippen molar-refractivity contribution in [3.63, 3.8) is 0 Å². The SMILES string of the molecule is CCCCCCCC/C=C\CCCCCC(=O)NC(COP(=O)(O)OCC[N+](C)(C)C)C(/C=C/CCCCCCCCCCC)OC(=O)CCCCC/C=C\CCCCCCCCC. The highest BCUT2D eigenvalue weighted by molar-refractivity contribution is 7.47. The molecule has 0 fully saturated rings. The Labute approximate surface area is 396 Å². The van der Waals surface area contributed by atoms with Gasteiger partial charge in [-0.1, -0.05) is 186 Å². The highest BCUT2D eigenvalue weighted by Crippen LogP contribution is 2.43. The zero-order chi connectivity index (χ0) is 47.3. The van der Waals surface area contributed by atoms with Gasteiger partial charge >= 0.3 is 13.8 Å². The van der Waals surface area contributed by atoms with Crippen LogP contribution in [0.25, 0.3) is 0 Å². The topological polar surface area (TPSA) is 111 Å². The Morgan fingerprint density at radius 3 is 1.33 bits per heavy atom. The lowest BCUT2D eigenvalue weighted by atomic mass is 10.1. The fraction of sp³-hybridized carbons (Fsp3) is 0.852. The molecule has 10 heteroatoms. The summed E-state index contributed by atoms with van der Waals surface area (Å²) < 4.78 is 30.5. The van der Waals surface area contributed by atoms with Crippen molar-refractivity contribution < 1.29 is 37.3 Å². The predicted octanol–water partition coefficient (Wildman–Crippen LogP) is 15.6. The van der Waals surface area contributed by atoms with Crippen LogP contribution in [0.1, 0.15) is 245 Å². The van der Waals surface area contributed by atoms with Crippen LogP contribution >= 0.6 is 7.82 Å². The number of allylic oxidation sites excluding steroid dienone is 5. The number of amides is 1. The number of phosphoric acid groups is 1. The molecule has 0 saturated heterocycles. The van der Waals surface area contributed by atoms with Crippen LogP contribution in [0.4, 0.5) is 0 Å². The van der Waals surface area contributed by atoms with Crippen molar-refractivity contribution in [1.29, 1.82) is 0 Å². The van der Waals surface area contributed by atoms with Gasteiger partial charge in [0.2, 0.25) is 5.91 Å². The van der Waals surface area contributed by atoms with E-state index in [0.29, 0.717) is 23.9 Å². The Morgan fingerprint density at radius 1 is 0.531 bits per heavy atom. The van der Waals surface area contributed by atoms with E-state index in [-0.39, 0.29) is 31.5 Å². The van der Waals surface area contributed by atoms with E-state index >= 15 is 0 Å². The molecule has 0 heterocycles. The molecule has 0 aromatic heterocycles. The molecule has 0 aliphatic rings. The van der Waals surface area contributed by atoms with Gasteiger partial charge in [-0.3, -0.25) is 18.6 Å². The predicted molar refractivity (Wildman–Crippen MR) is 272 cm³/mol. The summed E-state index contributed by atoms with van der Waals surface area (Å²) in [7, 11) is 1.48. The Balaban J connectivity index is 5.44. The molecule has 64 heavy (non-hydrogen) atoms. The van der Waals surface area contributed by atoms with Crippen molar-refractivity contribution in [2.24, 2.45) is 0 Å². The molecule has 0 spiro atoms. The Kier molecular flexibility index (Phi) is 43.8. The molecule has 0 aromatic rings. The summed E-state index contributed by atoms with van der Waals surface area (Å²) in [4.78, 5) is 37.4. The van der Waals surface area contributed by atoms with E-state index in [1.807, 2.05) is 33.3 Å². The standard InChI is InChI=1S/C54H103N2O7P/c1-7-10-13-16-19-22-25-27-29-32-35-38-41-44-47-54(58)63-52(45-42-39-36-33-30-24-21-18-15-12-9-3)51(50-62-64(59,60)61-49-48-56(4,5)6)55-53(57)46-43-40-37-34-31-28-26-23-20-17-14-11-8-2/h28-29,31-32,42,45,51-52H,7-27,30,33-41,43-44,46-50H2,1-6H3,(H-,55,57,59,60)/p+1/b31-28-,32-29-,45-42+. The number of carbonyl (C=O) groups is 2. The number of hydrogen-bond donors (Lipinski definition) is 2. The first kappa shape index (κ1) is 62.2. The second-order valence-electron chi connectivity index (χ2n) is 19.4. The molecule has 0 aliphatic carbocycles. The summed E-state index contributed by atoms with van der Waals surface area (Å²) in [6.07, 6.45) is 51.4. The first-order chi connectivity index (χ1) is 30.9. The molecule has 1 amide bonds. The van der Waals surface area contributed by atoms with E-state index < -0.39 is 20.0 Å². The average Bonchev–Trinajstić information content (AvgIpc) is 3.25. The van der Waals surface area contributed by atoms with Crippen LogP contribution in [0.2, 0.25) is 0 Å². The molecule has 3 unspecified atom stereocenters. The molecule has 0 saturated carbocycles. The molecular formula is C54H104N2O7P+. The van der Waals surface area contributed by atoms with Crippen molar-refractivity contribution in [3.8, 4) is 0 Å². The summed E-state index contributed by atoms with van der Waals surface area (Å²) >= 11 is 0. The normalized spacial score (nSPS) is 14.2. The highest BCUT2D eigenvalue weighted by atomic mass is 31.2. The minimum absolute atomic E-state index is 0.0363. The lowest BCUT2D eigenvalue weighted by molar-refractivity contribution is -0.870. The second kappa shape index (κ2) is 45.0. The number of ether oxygens (including phenoxy) is 1. The summed E-state index contributed by atoms with van der Waals surface area (Å²) in [6.45, 7) is 6.97. The monoisotopic (exact) mass is 924 g/mol. The number of rotatable bonds is 48. The number of nitrogens with one attached hydrogen (secondary N) is 1. The minimum Gasteiger partial charge on any atom is -0.456 e. The first-order valence-electron chi connectivity index (χ1n) is 26.8. The molecule has 0 bridgehead atoms. The van der Waals surface area contributed by atoms with E-state index in [9.17, 15) is 19.0 Å². The fourth-order valence-corrected chi connectivity index (χ4v) is 8.31. The minimum atomic E-state index is -4.44. The molecule has 3 atom stereocenters. The van der Waals surface area contributed by atoms with Gasteiger partial charge in [-0.2, -0.15) is 0 Å². The smallest absolute Gasteiger partial charge is 0.456 e. The summed E-state index contributed by atoms with van der Waals surface area (Å²) in [6, 6.07) is -0.857. The number of esters is 1. The van der Waals surface area contributed by atoms with Crippen molar-refractivity contribution >= 4 is 19.7 Å². The van der Waals surface area contributed by atoms with Gasteiger partial charge in [0.05, 0.1) is 33.8 Å². The average molecular weight is 924 g/mol. The summed E-state index contributed by atoms with van der Waals surface area (Å²) in [5.41, 5.74) is 0. The Bertz CT molecular complexity index is 1200. The third-order valence-electron chi connectivity index (χ3n) is 11.8. The molecular weight excluding hydrogens is 820 g/mol. The molecule has 0 radical (unpaired) electrons. The lowest BCUT2D eigenvalue weighted by Gasteiger charge is -2.27. The zero-order valence-corrected chi connectivity index (χ0v) is 43.7. The number of likely N-dealkylation sites (N-methyl/N-ethyl adjacent to an activating group) is 1. The number of phosphoric ester groups is 1. The molecule has 0 aromatic carbocycles. The maximum Gasteiger partial charge on any atom is 0.472 e. The van der Waals surface area contributed by atoms with Gasteiger partial charge in [0.15, 0.2) is 0 Å². The van der Waals surface area contributed by atoms with Crippen LogP contribution in [0.15, 0.2) is 36.5 Å². The van der Waals surface area contributed by atoms with Crippen molar-refractivity contribution in [1.82, 2.24) is 5.32 Å². The highest BCUT2D eigenvalue weighted by Gasteiger charge is 2.30. The number of unbranched alkanes of at least 4 members (excludes halogenated alkanes) is 28. The van der Waals surface area contributed by atoms with E-state index in [2.05, 4.69) is 50.4 Å². The largest absolute Gasteiger partial charge is 0.472 e. The number of quaternary nitrogens is 1. The van der Waals surface area contributed by atoms with E-state index in [0.717, 1.165) is 77.0 Å². The molecule has 376 valence electrons. The number of hydrogen-bond acceptors (Lipinski definition) is 6. The van der Waals surface area contributed by atoms with E-state index in [1.54, 1.807) is 0 Å². The van der Waals surface area contributed by atoms with Gasteiger partial charge in [-0.05, 0) is 83.1 Å². The molecule has 0 rings (SSSR count). The fourth-order valence-electron chi connectivity index (χ4n) is 7.57. The van der Waals surface area contributed by atoms with Gasteiger partial charge in [0.25, 0.3) is 0 Å². The van der Waals surface area contributed by atoms with Crippen LogP contribution < -0.4 is 5.32 Å². The van der Waals surface area contributed by atoms with Gasteiger partial charge in [0.1, 0.15) is 19.3 Å². The van der Waals surface area contributed by atoms with Gasteiger partial charge in [-0.15, -0.1) is 0 Å². The van der Waals surface area contributed by atoms with Gasteiger partial charge < -0.3 is 19.4 Å². The first-order valence-corrected chi connectivity index (χ1v) is 28.3. The number of carbonyl (C=O) groups excluding carboxylic acids is 2. The van der Waals surface area contributed by atoms with Gasteiger partial charge in [0, 0.05) is 12.8 Å². The van der Waals surface area contributed by atoms with E-state index in [1.165, 1.54) is 128 Å². The molecule has 2 N–H and O–H groups in total. The maximum absolute atomic E-state index is 13.4. The van der Waals surface area contributed by atoms with Crippen LogP contribution in [0.3, 0.4) is 0 Å². The van der Waals surface area contributed by atoms with Crippen molar-refractivity contribution in [3.05, 3.63) is 36.5 Å². The lowest BCUT2D eigenvalue weighted by Crippen LogP contribution is -2.47. The van der Waals surface area contributed by atoms with Crippen molar-refractivity contribution in [2.75, 3.05) is 40.9 Å². The van der Waals surface area contributed by atoms with Crippen LogP contribution in [0, 0.1) is 0 Å². The summed E-state index contributed by atoms with van der Waals surface area (Å²) in [5.74, 6) is -0.540. The van der Waals surface area contributed by atoms with Gasteiger partial charge in [-0.25, -0.2) is 4.57 Å². The quantitative estimate of drug-likeness (QED) is 0.0206. The third-order valence-corrected chi connectivity index (χ3v) is 12.8. The second-order valence-corrected chi connectivity index (χ2v) is 20.8.